The first-order valence-electron chi connectivity index (χ1n) is 7.19. The summed E-state index contributed by atoms with van der Waals surface area (Å²) >= 11 is 3.48. The van der Waals surface area contributed by atoms with E-state index >= 15 is 0 Å². The Balaban J connectivity index is 1.70. The molecule has 0 spiro atoms. The third kappa shape index (κ3) is 4.38. The molecule has 100 valence electrons. The molecule has 0 aliphatic carbocycles. The number of nitrogens with two attached hydrogens (primary N) is 1. The predicted molar refractivity (Wildman–Crippen MR) is 78.6 cm³/mol. The molecule has 1 aromatic carbocycles. The monoisotopic (exact) mass is 312 g/mol. The van der Waals surface area contributed by atoms with E-state index in [-0.39, 0.29) is 0 Å². The lowest BCUT2D eigenvalue weighted by Gasteiger charge is -2.27. The molecule has 0 saturated carbocycles. The van der Waals surface area contributed by atoms with E-state index in [4.69, 9.17) is 0 Å². The molecule has 18 heavy (non-hydrogen) atoms. The third-order valence-corrected chi connectivity index (χ3v) is 4.47. The standard InChI is InChI=1S/C15H23BrN2/c1-2-9-18-10-7-15(8-11-18)17-12-13-3-5-14(16)6-4-13/h3-6,15,17H,2,7-12H2,1H3/p+2. The van der Waals surface area contributed by atoms with Crippen molar-refractivity contribution in [1.29, 1.82) is 0 Å². The van der Waals surface area contributed by atoms with Crippen LogP contribution >= 0.6 is 15.9 Å². The first kappa shape index (κ1) is 14.0. The van der Waals surface area contributed by atoms with Crippen molar-refractivity contribution in [2.75, 3.05) is 19.6 Å². The second-order valence-corrected chi connectivity index (χ2v) is 6.32. The normalized spacial score (nSPS) is 24.1. The second kappa shape index (κ2) is 7.27. The van der Waals surface area contributed by atoms with Crippen LogP contribution < -0.4 is 10.2 Å². The molecular formula is C15H25BrN2+2. The molecular weight excluding hydrogens is 288 g/mol. The van der Waals surface area contributed by atoms with Crippen molar-refractivity contribution in [1.82, 2.24) is 0 Å². The van der Waals surface area contributed by atoms with Crippen LogP contribution in [-0.2, 0) is 6.54 Å². The lowest BCUT2D eigenvalue weighted by Crippen LogP contribution is -3.14. The van der Waals surface area contributed by atoms with Gasteiger partial charge in [-0.15, -0.1) is 0 Å². The average Bonchev–Trinajstić information content (AvgIpc) is 2.40. The van der Waals surface area contributed by atoms with E-state index in [9.17, 15) is 0 Å². The molecule has 0 aromatic heterocycles. The maximum absolute atomic E-state index is 3.48. The Bertz CT molecular complexity index is 342. The lowest BCUT2D eigenvalue weighted by molar-refractivity contribution is -0.913. The average molecular weight is 313 g/mol. The molecule has 1 aliphatic heterocycles. The second-order valence-electron chi connectivity index (χ2n) is 5.40. The summed E-state index contributed by atoms with van der Waals surface area (Å²) < 4.78 is 1.17. The highest BCUT2D eigenvalue weighted by atomic mass is 79.9. The molecule has 1 saturated heterocycles. The fourth-order valence-electron chi connectivity index (χ4n) is 2.81. The smallest absolute Gasteiger partial charge is 0.101 e. The van der Waals surface area contributed by atoms with Crippen molar-refractivity contribution >= 4 is 15.9 Å². The van der Waals surface area contributed by atoms with Crippen LogP contribution in [0.4, 0.5) is 0 Å². The number of halogens is 1. The zero-order chi connectivity index (χ0) is 12.8. The molecule has 1 aliphatic rings. The van der Waals surface area contributed by atoms with Crippen molar-refractivity contribution in [2.45, 2.75) is 38.8 Å². The molecule has 3 heteroatoms. The molecule has 1 fully saturated rings. The Hall–Kier alpha value is -0.380. The summed E-state index contributed by atoms with van der Waals surface area (Å²) in [7, 11) is 0. The number of benzene rings is 1. The SMILES string of the molecule is CCC[NH+]1CCC([NH2+]Cc2ccc(Br)cc2)CC1. The largest absolute Gasteiger partial charge is 0.340 e. The molecule has 0 bridgehead atoms. The van der Waals surface area contributed by atoms with Gasteiger partial charge in [0.25, 0.3) is 0 Å². The molecule has 1 heterocycles. The molecule has 2 rings (SSSR count). The van der Waals surface area contributed by atoms with Gasteiger partial charge in [-0.2, -0.15) is 0 Å². The number of hydrogen-bond acceptors (Lipinski definition) is 0. The number of hydrogen-bond donors (Lipinski definition) is 2. The quantitative estimate of drug-likeness (QED) is 0.808. The van der Waals surface area contributed by atoms with E-state index in [2.05, 4.69) is 52.4 Å². The van der Waals surface area contributed by atoms with Crippen molar-refractivity contribution < 1.29 is 10.2 Å². The van der Waals surface area contributed by atoms with E-state index in [0.717, 1.165) is 12.6 Å². The van der Waals surface area contributed by atoms with Crippen LogP contribution in [0.25, 0.3) is 0 Å². The van der Waals surface area contributed by atoms with Gasteiger partial charge in [-0.25, -0.2) is 0 Å². The van der Waals surface area contributed by atoms with Crippen molar-refractivity contribution in [2.24, 2.45) is 0 Å². The Labute approximate surface area is 119 Å². The minimum atomic E-state index is 0.842. The molecule has 1 aromatic rings. The summed E-state index contributed by atoms with van der Waals surface area (Å²) in [6.45, 7) is 7.52. The van der Waals surface area contributed by atoms with E-state index in [1.54, 1.807) is 0 Å². The van der Waals surface area contributed by atoms with Gasteiger partial charge in [0.15, 0.2) is 0 Å². The first-order valence-corrected chi connectivity index (χ1v) is 7.98. The summed E-state index contributed by atoms with van der Waals surface area (Å²) in [4.78, 5) is 1.81. The number of likely N-dealkylation sites (tertiary alicyclic amines) is 1. The van der Waals surface area contributed by atoms with E-state index in [0.29, 0.717) is 0 Å². The number of nitrogens with one attached hydrogen (secondary N) is 1. The Morgan fingerprint density at radius 3 is 2.50 bits per heavy atom. The summed E-state index contributed by atoms with van der Waals surface area (Å²) in [5, 5.41) is 2.53. The first-order chi connectivity index (χ1) is 8.78. The molecule has 0 unspecified atom stereocenters. The van der Waals surface area contributed by atoms with Crippen LogP contribution in [0.15, 0.2) is 28.7 Å². The molecule has 0 atom stereocenters. The van der Waals surface area contributed by atoms with E-state index in [1.165, 1.54) is 48.9 Å². The van der Waals surface area contributed by atoms with E-state index in [1.807, 2.05) is 4.90 Å². The summed E-state index contributed by atoms with van der Waals surface area (Å²) in [6, 6.07) is 9.55. The highest BCUT2D eigenvalue weighted by Crippen LogP contribution is 2.09. The lowest BCUT2D eigenvalue weighted by atomic mass is 10.0. The third-order valence-electron chi connectivity index (χ3n) is 3.94. The van der Waals surface area contributed by atoms with Crippen LogP contribution in [0.5, 0.6) is 0 Å². The van der Waals surface area contributed by atoms with Crippen LogP contribution in [0.2, 0.25) is 0 Å². The Kier molecular flexibility index (Phi) is 5.67. The van der Waals surface area contributed by atoms with Gasteiger partial charge < -0.3 is 10.2 Å². The Morgan fingerprint density at radius 2 is 1.89 bits per heavy atom. The zero-order valence-electron chi connectivity index (χ0n) is 11.3. The van der Waals surface area contributed by atoms with Crippen molar-refractivity contribution in [3.05, 3.63) is 34.3 Å². The van der Waals surface area contributed by atoms with Crippen LogP contribution in [0, 0.1) is 0 Å². The Morgan fingerprint density at radius 1 is 1.22 bits per heavy atom. The van der Waals surface area contributed by atoms with Crippen LogP contribution in [-0.4, -0.2) is 25.7 Å². The van der Waals surface area contributed by atoms with Crippen LogP contribution in [0.1, 0.15) is 31.7 Å². The van der Waals surface area contributed by atoms with Crippen molar-refractivity contribution in [3.8, 4) is 0 Å². The summed E-state index contributed by atoms with van der Waals surface area (Å²) in [6.07, 6.45) is 4.08. The minimum Gasteiger partial charge on any atom is -0.340 e. The molecule has 0 radical (unpaired) electrons. The van der Waals surface area contributed by atoms with E-state index < -0.39 is 0 Å². The van der Waals surface area contributed by atoms with Gasteiger partial charge in [0.1, 0.15) is 6.54 Å². The van der Waals surface area contributed by atoms with Gasteiger partial charge in [0.05, 0.1) is 25.7 Å². The maximum Gasteiger partial charge on any atom is 0.101 e. The van der Waals surface area contributed by atoms with Gasteiger partial charge in [0, 0.05) is 22.9 Å². The number of piperidine rings is 1. The molecule has 0 amide bonds. The van der Waals surface area contributed by atoms with Gasteiger partial charge in [-0.05, 0) is 18.6 Å². The van der Waals surface area contributed by atoms with Gasteiger partial charge in [0.2, 0.25) is 0 Å². The fourth-order valence-corrected chi connectivity index (χ4v) is 3.08. The molecule has 3 N–H and O–H groups in total. The van der Waals surface area contributed by atoms with Crippen LogP contribution in [0.3, 0.4) is 0 Å². The van der Waals surface area contributed by atoms with Gasteiger partial charge >= 0.3 is 0 Å². The number of quaternary nitrogens is 2. The van der Waals surface area contributed by atoms with Gasteiger partial charge in [-0.1, -0.05) is 35.0 Å². The highest BCUT2D eigenvalue weighted by Gasteiger charge is 2.23. The van der Waals surface area contributed by atoms with Crippen molar-refractivity contribution in [3.63, 3.8) is 0 Å². The maximum atomic E-state index is 3.48. The number of rotatable bonds is 5. The zero-order valence-corrected chi connectivity index (χ0v) is 12.9. The fraction of sp³-hybridized carbons (Fsp3) is 0.600. The predicted octanol–water partition coefficient (Wildman–Crippen LogP) is 0.970. The summed E-state index contributed by atoms with van der Waals surface area (Å²) in [5.74, 6) is 0. The minimum absolute atomic E-state index is 0.842. The summed E-state index contributed by atoms with van der Waals surface area (Å²) in [5.41, 5.74) is 1.43. The molecule has 2 nitrogen and oxygen atoms in total. The topological polar surface area (TPSA) is 21.1 Å². The highest BCUT2D eigenvalue weighted by molar-refractivity contribution is 9.10. The van der Waals surface area contributed by atoms with Gasteiger partial charge in [-0.3, -0.25) is 0 Å².